The molecule has 0 unspecified atom stereocenters. The van der Waals surface area contributed by atoms with Crippen LogP contribution in [0.15, 0.2) is 54.6 Å². The molecule has 7 heteroatoms. The van der Waals surface area contributed by atoms with Crippen molar-refractivity contribution in [3.8, 4) is 5.75 Å². The van der Waals surface area contributed by atoms with E-state index in [1.54, 1.807) is 7.11 Å². The maximum absolute atomic E-state index is 12.7. The molecule has 6 nitrogen and oxygen atoms in total. The highest BCUT2D eigenvalue weighted by Crippen LogP contribution is 2.26. The van der Waals surface area contributed by atoms with Gasteiger partial charge in [0.05, 0.1) is 18.9 Å². The first-order valence-corrected chi connectivity index (χ1v) is 11.5. The number of para-hydroxylation sites is 1. The monoisotopic (exact) mass is 416 g/mol. The van der Waals surface area contributed by atoms with Gasteiger partial charge in [-0.25, -0.2) is 12.7 Å². The van der Waals surface area contributed by atoms with Crippen LogP contribution in [-0.2, 0) is 20.6 Å². The topological polar surface area (TPSA) is 75.7 Å². The van der Waals surface area contributed by atoms with Gasteiger partial charge in [-0.3, -0.25) is 4.79 Å². The molecule has 0 saturated carbocycles. The summed E-state index contributed by atoms with van der Waals surface area (Å²) >= 11 is 0. The number of piperidine rings is 1. The first-order chi connectivity index (χ1) is 13.9. The highest BCUT2D eigenvalue weighted by molar-refractivity contribution is 7.88. The van der Waals surface area contributed by atoms with Crippen molar-refractivity contribution in [3.05, 3.63) is 65.7 Å². The molecule has 2 aromatic rings. The summed E-state index contributed by atoms with van der Waals surface area (Å²) < 4.78 is 32.2. The van der Waals surface area contributed by atoms with Crippen molar-refractivity contribution < 1.29 is 17.9 Å². The summed E-state index contributed by atoms with van der Waals surface area (Å²) in [6.07, 6.45) is 1.05. The fourth-order valence-corrected chi connectivity index (χ4v) is 5.27. The molecule has 156 valence electrons. The Kier molecular flexibility index (Phi) is 6.92. The lowest BCUT2D eigenvalue weighted by Gasteiger charge is -2.31. The van der Waals surface area contributed by atoms with Crippen LogP contribution in [0.3, 0.4) is 0 Å². The normalized spacial score (nSPS) is 16.9. The summed E-state index contributed by atoms with van der Waals surface area (Å²) in [5.41, 5.74) is 1.70. The number of sulfonamides is 1. The molecule has 1 saturated heterocycles. The minimum absolute atomic E-state index is 0.00443. The molecule has 1 atom stereocenters. The van der Waals surface area contributed by atoms with Crippen LogP contribution in [0.5, 0.6) is 5.75 Å². The van der Waals surface area contributed by atoms with Gasteiger partial charge in [-0.05, 0) is 31.4 Å². The number of carbonyl (C=O) groups is 1. The second kappa shape index (κ2) is 9.41. The van der Waals surface area contributed by atoms with Crippen LogP contribution < -0.4 is 10.1 Å². The second-order valence-electron chi connectivity index (χ2n) is 7.39. The fraction of sp³-hybridized carbons (Fsp3) is 0.409. The van der Waals surface area contributed by atoms with Crippen LogP contribution in [-0.4, -0.2) is 38.8 Å². The Bertz CT molecular complexity index is 923. The molecule has 0 aromatic heterocycles. The first kappa shape index (κ1) is 21.3. The average Bonchev–Trinajstić information content (AvgIpc) is 2.74. The van der Waals surface area contributed by atoms with Gasteiger partial charge < -0.3 is 10.1 Å². The van der Waals surface area contributed by atoms with Crippen molar-refractivity contribution in [1.82, 2.24) is 9.62 Å². The second-order valence-corrected chi connectivity index (χ2v) is 9.36. The highest BCUT2D eigenvalue weighted by Gasteiger charge is 2.31. The quantitative estimate of drug-likeness (QED) is 0.753. The molecule has 29 heavy (non-hydrogen) atoms. The number of nitrogens with one attached hydrogen (secondary N) is 1. The molecule has 0 bridgehead atoms. The van der Waals surface area contributed by atoms with E-state index in [1.165, 1.54) is 4.31 Å². The largest absolute Gasteiger partial charge is 0.496 e. The predicted octanol–water partition coefficient (Wildman–Crippen LogP) is 3.11. The van der Waals surface area contributed by atoms with E-state index in [2.05, 4.69) is 5.32 Å². The minimum atomic E-state index is -3.38. The summed E-state index contributed by atoms with van der Waals surface area (Å²) in [5, 5.41) is 3.05. The van der Waals surface area contributed by atoms with Crippen LogP contribution >= 0.6 is 0 Å². The summed E-state index contributed by atoms with van der Waals surface area (Å²) in [6, 6.07) is 16.6. The Morgan fingerprint density at radius 1 is 1.10 bits per heavy atom. The Morgan fingerprint density at radius 2 is 1.72 bits per heavy atom. The van der Waals surface area contributed by atoms with Crippen LogP contribution in [0.2, 0.25) is 0 Å². The van der Waals surface area contributed by atoms with Gasteiger partial charge in [0.1, 0.15) is 5.75 Å². The zero-order valence-electron chi connectivity index (χ0n) is 16.9. The van der Waals surface area contributed by atoms with Gasteiger partial charge >= 0.3 is 0 Å². The van der Waals surface area contributed by atoms with Gasteiger partial charge in [-0.15, -0.1) is 0 Å². The Labute approximate surface area is 172 Å². The van der Waals surface area contributed by atoms with Crippen molar-refractivity contribution in [2.75, 3.05) is 20.2 Å². The molecule has 1 aliphatic rings. The molecule has 0 aliphatic carbocycles. The van der Waals surface area contributed by atoms with Crippen LogP contribution in [0, 0.1) is 5.92 Å². The van der Waals surface area contributed by atoms with E-state index in [-0.39, 0.29) is 23.6 Å². The summed E-state index contributed by atoms with van der Waals surface area (Å²) in [4.78, 5) is 12.7. The highest BCUT2D eigenvalue weighted by atomic mass is 32.2. The van der Waals surface area contributed by atoms with Crippen molar-refractivity contribution in [3.63, 3.8) is 0 Å². The van der Waals surface area contributed by atoms with Crippen molar-refractivity contribution in [2.24, 2.45) is 5.92 Å². The van der Waals surface area contributed by atoms with Crippen LogP contribution in [0.1, 0.15) is 36.9 Å². The van der Waals surface area contributed by atoms with E-state index in [0.29, 0.717) is 25.9 Å². The van der Waals surface area contributed by atoms with Crippen LogP contribution in [0.4, 0.5) is 0 Å². The number of amides is 1. The molecule has 1 amide bonds. The number of hydrogen-bond acceptors (Lipinski definition) is 4. The lowest BCUT2D eigenvalue weighted by Crippen LogP contribution is -2.43. The van der Waals surface area contributed by atoms with Gasteiger partial charge in [0.25, 0.3) is 0 Å². The minimum Gasteiger partial charge on any atom is -0.496 e. The predicted molar refractivity (Wildman–Crippen MR) is 113 cm³/mol. The number of hydrogen-bond donors (Lipinski definition) is 1. The zero-order chi connectivity index (χ0) is 20.9. The fourth-order valence-electron chi connectivity index (χ4n) is 3.71. The smallest absolute Gasteiger partial charge is 0.223 e. The standard InChI is InChI=1S/C22H28N2O4S/c1-17(20-10-6-7-11-21(20)28-2)23-22(25)19-12-14-24(15-13-19)29(26,27)16-18-8-4-3-5-9-18/h3-11,17,19H,12-16H2,1-2H3,(H,23,25)/t17-/m0/s1. The first-order valence-electron chi connectivity index (χ1n) is 9.85. The number of ether oxygens (including phenoxy) is 1. The van der Waals surface area contributed by atoms with Gasteiger partial charge in [-0.2, -0.15) is 0 Å². The molecule has 1 aliphatic heterocycles. The van der Waals surface area contributed by atoms with E-state index < -0.39 is 10.0 Å². The molecule has 0 radical (unpaired) electrons. The van der Waals surface area contributed by atoms with Gasteiger partial charge in [0.2, 0.25) is 15.9 Å². The summed E-state index contributed by atoms with van der Waals surface area (Å²) in [7, 11) is -1.77. The van der Waals surface area contributed by atoms with Crippen molar-refractivity contribution in [2.45, 2.75) is 31.6 Å². The number of methoxy groups -OCH3 is 1. The van der Waals surface area contributed by atoms with E-state index in [0.717, 1.165) is 16.9 Å². The van der Waals surface area contributed by atoms with Crippen molar-refractivity contribution >= 4 is 15.9 Å². The molecular formula is C22H28N2O4S. The molecule has 3 rings (SSSR count). The maximum atomic E-state index is 12.7. The third-order valence-electron chi connectivity index (χ3n) is 5.37. The molecule has 1 N–H and O–H groups in total. The average molecular weight is 417 g/mol. The third-order valence-corrected chi connectivity index (χ3v) is 7.22. The lowest BCUT2D eigenvalue weighted by atomic mass is 9.96. The Hall–Kier alpha value is -2.38. The summed E-state index contributed by atoms with van der Waals surface area (Å²) in [5.74, 6) is 0.510. The van der Waals surface area contributed by atoms with Gasteiger partial charge in [0, 0.05) is 24.6 Å². The Morgan fingerprint density at radius 3 is 2.38 bits per heavy atom. The van der Waals surface area contributed by atoms with Gasteiger partial charge in [0.15, 0.2) is 0 Å². The number of rotatable bonds is 7. The molecule has 1 fully saturated rings. The number of nitrogens with zero attached hydrogens (tertiary/aromatic N) is 1. The van der Waals surface area contributed by atoms with Gasteiger partial charge in [-0.1, -0.05) is 48.5 Å². The zero-order valence-corrected chi connectivity index (χ0v) is 17.7. The molecule has 2 aromatic carbocycles. The molecule has 0 spiro atoms. The number of benzene rings is 2. The van der Waals surface area contributed by atoms with E-state index >= 15 is 0 Å². The van der Waals surface area contributed by atoms with E-state index in [1.807, 2.05) is 61.5 Å². The maximum Gasteiger partial charge on any atom is 0.223 e. The molecule has 1 heterocycles. The number of carbonyl (C=O) groups excluding carboxylic acids is 1. The van der Waals surface area contributed by atoms with E-state index in [4.69, 9.17) is 4.74 Å². The third kappa shape index (κ3) is 5.36. The lowest BCUT2D eigenvalue weighted by molar-refractivity contribution is -0.126. The van der Waals surface area contributed by atoms with Crippen molar-refractivity contribution in [1.29, 1.82) is 0 Å². The SMILES string of the molecule is COc1ccccc1[C@H](C)NC(=O)C1CCN(S(=O)(=O)Cc2ccccc2)CC1. The molecular weight excluding hydrogens is 388 g/mol. The summed E-state index contributed by atoms with van der Waals surface area (Å²) in [6.45, 7) is 2.67. The van der Waals surface area contributed by atoms with E-state index in [9.17, 15) is 13.2 Å². The Balaban J connectivity index is 1.55. The van der Waals surface area contributed by atoms with Crippen LogP contribution in [0.25, 0.3) is 0 Å².